The van der Waals surface area contributed by atoms with Crippen molar-refractivity contribution in [2.45, 2.75) is 6.92 Å². The Morgan fingerprint density at radius 2 is 1.95 bits per heavy atom. The van der Waals surface area contributed by atoms with E-state index in [-0.39, 0.29) is 5.02 Å². The van der Waals surface area contributed by atoms with E-state index in [2.05, 4.69) is 17.1 Å². The summed E-state index contributed by atoms with van der Waals surface area (Å²) in [5.74, 6) is -1.88. The van der Waals surface area contributed by atoms with Crippen molar-refractivity contribution in [2.24, 2.45) is 0 Å². The van der Waals surface area contributed by atoms with Crippen LogP contribution in [0.4, 0.5) is 10.1 Å². The summed E-state index contributed by atoms with van der Waals surface area (Å²) < 4.78 is 13.0. The van der Waals surface area contributed by atoms with E-state index in [0.717, 1.165) is 25.7 Å². The molecule has 1 aromatic carbocycles. The summed E-state index contributed by atoms with van der Waals surface area (Å²) in [6, 6.07) is 3.78. The molecule has 1 N–H and O–H groups in total. The molecule has 1 fully saturated rings. The Hall–Kier alpha value is -1.66. The number of amides is 2. The van der Waals surface area contributed by atoms with Gasteiger partial charge in [-0.15, -0.1) is 0 Å². The molecule has 0 atom stereocenters. The number of benzene rings is 1. The molecule has 1 heterocycles. The predicted octanol–water partition coefficient (Wildman–Crippen LogP) is 1.58. The van der Waals surface area contributed by atoms with E-state index in [0.29, 0.717) is 18.8 Å². The average molecular weight is 314 g/mol. The topological polar surface area (TPSA) is 52.7 Å². The van der Waals surface area contributed by atoms with E-state index < -0.39 is 17.6 Å². The summed E-state index contributed by atoms with van der Waals surface area (Å²) >= 11 is 5.63. The van der Waals surface area contributed by atoms with Gasteiger partial charge in [0.15, 0.2) is 0 Å². The third-order valence-electron chi connectivity index (χ3n) is 3.48. The highest BCUT2D eigenvalue weighted by Gasteiger charge is 2.25. The van der Waals surface area contributed by atoms with Gasteiger partial charge in [-0.05, 0) is 24.7 Å². The highest BCUT2D eigenvalue weighted by Crippen LogP contribution is 2.19. The van der Waals surface area contributed by atoms with Crippen molar-refractivity contribution in [1.29, 1.82) is 0 Å². The number of rotatable bonds is 2. The maximum absolute atomic E-state index is 13.0. The molecule has 0 saturated carbocycles. The summed E-state index contributed by atoms with van der Waals surface area (Å²) in [5, 5.41) is 2.34. The first kappa shape index (κ1) is 15.7. The van der Waals surface area contributed by atoms with Crippen LogP contribution in [0.25, 0.3) is 0 Å². The van der Waals surface area contributed by atoms with Gasteiger partial charge in [-0.3, -0.25) is 9.59 Å². The number of nitrogens with one attached hydrogen (secondary N) is 1. The van der Waals surface area contributed by atoms with Gasteiger partial charge in [-0.1, -0.05) is 18.5 Å². The molecule has 7 heteroatoms. The van der Waals surface area contributed by atoms with Crippen molar-refractivity contribution in [3.8, 4) is 0 Å². The van der Waals surface area contributed by atoms with Crippen molar-refractivity contribution in [2.75, 3.05) is 38.0 Å². The summed E-state index contributed by atoms with van der Waals surface area (Å²) in [5.41, 5.74) is 0.298. The van der Waals surface area contributed by atoms with Gasteiger partial charge in [0.1, 0.15) is 5.82 Å². The highest BCUT2D eigenvalue weighted by atomic mass is 35.5. The standard InChI is InChI=1S/C14H17ClFN3O2/c1-2-18-5-7-19(8-6-18)14(21)13(20)17-10-3-4-12(16)11(15)9-10/h3-4,9H,2,5-8H2,1H3,(H,17,20). The lowest BCUT2D eigenvalue weighted by Gasteiger charge is -2.33. The van der Waals surface area contributed by atoms with Crippen LogP contribution in [0, 0.1) is 5.82 Å². The zero-order chi connectivity index (χ0) is 15.4. The van der Waals surface area contributed by atoms with Crippen molar-refractivity contribution in [1.82, 2.24) is 9.80 Å². The van der Waals surface area contributed by atoms with Crippen LogP contribution >= 0.6 is 11.6 Å². The van der Waals surface area contributed by atoms with Crippen molar-refractivity contribution in [3.05, 3.63) is 29.0 Å². The van der Waals surface area contributed by atoms with Gasteiger partial charge in [0.25, 0.3) is 0 Å². The number of hydrogen-bond acceptors (Lipinski definition) is 3. The lowest BCUT2D eigenvalue weighted by Crippen LogP contribution is -2.51. The lowest BCUT2D eigenvalue weighted by molar-refractivity contribution is -0.144. The van der Waals surface area contributed by atoms with Gasteiger partial charge >= 0.3 is 11.8 Å². The van der Waals surface area contributed by atoms with E-state index in [4.69, 9.17) is 11.6 Å². The van der Waals surface area contributed by atoms with Crippen LogP contribution in [-0.2, 0) is 9.59 Å². The molecule has 1 aromatic rings. The molecule has 114 valence electrons. The summed E-state index contributed by atoms with van der Waals surface area (Å²) in [7, 11) is 0. The Labute approximate surface area is 127 Å². The number of hydrogen-bond donors (Lipinski definition) is 1. The fourth-order valence-electron chi connectivity index (χ4n) is 2.17. The first-order chi connectivity index (χ1) is 10.0. The van der Waals surface area contributed by atoms with Crippen LogP contribution in [0.3, 0.4) is 0 Å². The van der Waals surface area contributed by atoms with E-state index >= 15 is 0 Å². The average Bonchev–Trinajstić information content (AvgIpc) is 2.50. The molecule has 5 nitrogen and oxygen atoms in total. The van der Waals surface area contributed by atoms with Crippen LogP contribution < -0.4 is 5.32 Å². The Morgan fingerprint density at radius 3 is 2.52 bits per heavy atom. The first-order valence-electron chi connectivity index (χ1n) is 6.79. The number of anilines is 1. The number of halogens is 2. The molecule has 1 aliphatic rings. The minimum atomic E-state index is -0.734. The molecule has 2 rings (SSSR count). The van der Waals surface area contributed by atoms with E-state index in [1.807, 2.05) is 0 Å². The van der Waals surface area contributed by atoms with Gasteiger partial charge < -0.3 is 15.1 Å². The highest BCUT2D eigenvalue weighted by molar-refractivity contribution is 6.39. The summed E-state index contributed by atoms with van der Waals surface area (Å²) in [6.07, 6.45) is 0. The molecule has 0 bridgehead atoms. The molecule has 21 heavy (non-hydrogen) atoms. The zero-order valence-electron chi connectivity index (χ0n) is 11.7. The molecule has 0 aromatic heterocycles. The SMILES string of the molecule is CCN1CCN(C(=O)C(=O)Nc2ccc(F)c(Cl)c2)CC1. The van der Waals surface area contributed by atoms with E-state index in [1.54, 1.807) is 0 Å². The van der Waals surface area contributed by atoms with Crippen LogP contribution in [-0.4, -0.2) is 54.3 Å². The molecule has 0 unspecified atom stereocenters. The Morgan fingerprint density at radius 1 is 1.29 bits per heavy atom. The van der Waals surface area contributed by atoms with Crippen LogP contribution in [0.2, 0.25) is 5.02 Å². The van der Waals surface area contributed by atoms with E-state index in [9.17, 15) is 14.0 Å². The summed E-state index contributed by atoms with van der Waals surface area (Å²) in [6.45, 7) is 5.58. The number of piperazine rings is 1. The second-order valence-electron chi connectivity index (χ2n) is 4.81. The molecule has 0 aliphatic carbocycles. The lowest BCUT2D eigenvalue weighted by atomic mass is 10.3. The van der Waals surface area contributed by atoms with Crippen LogP contribution in [0.5, 0.6) is 0 Å². The minimum Gasteiger partial charge on any atom is -0.332 e. The fraction of sp³-hybridized carbons (Fsp3) is 0.429. The maximum atomic E-state index is 13.0. The van der Waals surface area contributed by atoms with E-state index in [1.165, 1.54) is 17.0 Å². The van der Waals surface area contributed by atoms with Crippen molar-refractivity contribution >= 4 is 29.1 Å². The second-order valence-corrected chi connectivity index (χ2v) is 5.22. The maximum Gasteiger partial charge on any atom is 0.313 e. The van der Waals surface area contributed by atoms with Gasteiger partial charge in [0, 0.05) is 31.9 Å². The third kappa shape index (κ3) is 3.92. The van der Waals surface area contributed by atoms with Gasteiger partial charge in [-0.25, -0.2) is 4.39 Å². The summed E-state index contributed by atoms with van der Waals surface area (Å²) in [4.78, 5) is 27.7. The first-order valence-corrected chi connectivity index (χ1v) is 7.16. The third-order valence-corrected chi connectivity index (χ3v) is 3.77. The minimum absolute atomic E-state index is 0.100. The van der Waals surface area contributed by atoms with Gasteiger partial charge in [0.2, 0.25) is 0 Å². The van der Waals surface area contributed by atoms with Gasteiger partial charge in [0.05, 0.1) is 5.02 Å². The number of nitrogens with zero attached hydrogens (tertiary/aromatic N) is 2. The molecule has 0 spiro atoms. The molecule has 0 radical (unpaired) electrons. The van der Waals surface area contributed by atoms with Crippen LogP contribution in [0.15, 0.2) is 18.2 Å². The molecule has 1 saturated heterocycles. The van der Waals surface area contributed by atoms with Crippen LogP contribution in [0.1, 0.15) is 6.92 Å². The van der Waals surface area contributed by atoms with Crippen molar-refractivity contribution in [3.63, 3.8) is 0 Å². The smallest absolute Gasteiger partial charge is 0.313 e. The largest absolute Gasteiger partial charge is 0.332 e. The predicted molar refractivity (Wildman–Crippen MR) is 78.7 cm³/mol. The fourth-order valence-corrected chi connectivity index (χ4v) is 2.35. The second kappa shape index (κ2) is 6.87. The Kier molecular flexibility index (Phi) is 5.14. The normalized spacial score (nSPS) is 15.9. The van der Waals surface area contributed by atoms with Crippen molar-refractivity contribution < 1.29 is 14.0 Å². The molecular weight excluding hydrogens is 297 g/mol. The quantitative estimate of drug-likeness (QED) is 0.844. The van der Waals surface area contributed by atoms with Gasteiger partial charge in [-0.2, -0.15) is 0 Å². The zero-order valence-corrected chi connectivity index (χ0v) is 12.5. The Bertz CT molecular complexity index is 545. The monoisotopic (exact) mass is 313 g/mol. The molecule has 2 amide bonds. The number of carbonyl (C=O) groups excluding carboxylic acids is 2. The molecular formula is C14H17ClFN3O2. The Balaban J connectivity index is 1.93. The number of carbonyl (C=O) groups is 2. The molecule has 1 aliphatic heterocycles. The number of likely N-dealkylation sites (N-methyl/N-ethyl adjacent to an activating group) is 1.